The van der Waals surface area contributed by atoms with E-state index < -0.39 is 0 Å². The van der Waals surface area contributed by atoms with Crippen molar-refractivity contribution in [2.75, 3.05) is 5.73 Å². The standard InChI is InChI=1S/C21H16N6S/c1-13-7-9-15(10-8-13)17-12-28-21(24-17)18-19(22)27-20(26-25-18)16(11-23-27)14-5-3-2-4-6-14/h2-12H,22H2,1H3. The Labute approximate surface area is 165 Å². The molecule has 0 radical (unpaired) electrons. The minimum atomic E-state index is 0.428. The Kier molecular flexibility index (Phi) is 3.87. The lowest BCUT2D eigenvalue weighted by atomic mass is 10.1. The summed E-state index contributed by atoms with van der Waals surface area (Å²) >= 11 is 1.49. The third-order valence-electron chi connectivity index (χ3n) is 4.60. The minimum Gasteiger partial charge on any atom is -0.382 e. The SMILES string of the molecule is Cc1ccc(-c2csc(-c3nnc4c(-c5ccccc5)cnn4c3N)n2)cc1. The zero-order valence-corrected chi connectivity index (χ0v) is 15.9. The van der Waals surface area contributed by atoms with Gasteiger partial charge in [0.25, 0.3) is 0 Å². The first-order valence-corrected chi connectivity index (χ1v) is 9.67. The molecule has 5 rings (SSSR count). The average Bonchev–Trinajstić information content (AvgIpc) is 3.37. The fourth-order valence-corrected chi connectivity index (χ4v) is 3.90. The van der Waals surface area contributed by atoms with Crippen molar-refractivity contribution >= 4 is 22.8 Å². The van der Waals surface area contributed by atoms with Crippen LogP contribution in [0.5, 0.6) is 0 Å². The summed E-state index contributed by atoms with van der Waals surface area (Å²) in [7, 11) is 0. The van der Waals surface area contributed by atoms with Crippen LogP contribution in [0.25, 0.3) is 38.7 Å². The molecule has 136 valence electrons. The molecule has 3 aromatic heterocycles. The fraction of sp³-hybridized carbons (Fsp3) is 0.0476. The van der Waals surface area contributed by atoms with E-state index in [0.717, 1.165) is 27.4 Å². The first kappa shape index (κ1) is 16.6. The highest BCUT2D eigenvalue weighted by Crippen LogP contribution is 2.32. The minimum absolute atomic E-state index is 0.428. The van der Waals surface area contributed by atoms with Crippen LogP contribution in [0.3, 0.4) is 0 Å². The smallest absolute Gasteiger partial charge is 0.187 e. The zero-order valence-electron chi connectivity index (χ0n) is 15.1. The zero-order chi connectivity index (χ0) is 19.1. The van der Waals surface area contributed by atoms with Gasteiger partial charge in [-0.3, -0.25) is 0 Å². The third kappa shape index (κ3) is 2.73. The maximum Gasteiger partial charge on any atom is 0.187 e. The molecule has 5 aromatic rings. The number of rotatable bonds is 3. The molecule has 28 heavy (non-hydrogen) atoms. The summed E-state index contributed by atoms with van der Waals surface area (Å²) in [5.74, 6) is 0.428. The van der Waals surface area contributed by atoms with E-state index >= 15 is 0 Å². The average molecular weight is 384 g/mol. The van der Waals surface area contributed by atoms with Crippen molar-refractivity contribution in [1.29, 1.82) is 0 Å². The molecule has 0 aliphatic rings. The van der Waals surface area contributed by atoms with Crippen LogP contribution in [0.2, 0.25) is 0 Å². The summed E-state index contributed by atoms with van der Waals surface area (Å²) in [5.41, 5.74) is 12.6. The molecule has 0 atom stereocenters. The summed E-state index contributed by atoms with van der Waals surface area (Å²) in [5, 5.41) is 15.9. The van der Waals surface area contributed by atoms with Crippen LogP contribution >= 0.6 is 11.3 Å². The van der Waals surface area contributed by atoms with Crippen LogP contribution in [-0.4, -0.2) is 24.8 Å². The largest absolute Gasteiger partial charge is 0.382 e. The van der Waals surface area contributed by atoms with E-state index in [1.54, 1.807) is 10.7 Å². The number of thiazole rings is 1. The van der Waals surface area contributed by atoms with Crippen molar-refractivity contribution in [3.8, 4) is 33.1 Å². The van der Waals surface area contributed by atoms with E-state index in [9.17, 15) is 0 Å². The highest BCUT2D eigenvalue weighted by atomic mass is 32.1. The Morgan fingerprint density at radius 2 is 1.71 bits per heavy atom. The lowest BCUT2D eigenvalue weighted by molar-refractivity contribution is 0.906. The molecule has 0 bridgehead atoms. The predicted octanol–water partition coefficient (Wildman–Crippen LogP) is 4.47. The maximum absolute atomic E-state index is 6.37. The molecule has 0 spiro atoms. The molecule has 7 heteroatoms. The van der Waals surface area contributed by atoms with E-state index in [0.29, 0.717) is 17.2 Å². The van der Waals surface area contributed by atoms with E-state index in [2.05, 4.69) is 46.5 Å². The van der Waals surface area contributed by atoms with Crippen molar-refractivity contribution in [2.45, 2.75) is 6.92 Å². The van der Waals surface area contributed by atoms with Crippen molar-refractivity contribution in [3.05, 3.63) is 71.7 Å². The van der Waals surface area contributed by atoms with Crippen molar-refractivity contribution in [3.63, 3.8) is 0 Å². The number of nitrogens with zero attached hydrogens (tertiary/aromatic N) is 5. The maximum atomic E-state index is 6.37. The molecule has 3 heterocycles. The van der Waals surface area contributed by atoms with Gasteiger partial charge in [0.05, 0.1) is 11.9 Å². The molecular formula is C21H16N6S. The molecule has 0 aliphatic carbocycles. The second kappa shape index (κ2) is 6.54. The summed E-state index contributed by atoms with van der Waals surface area (Å²) in [6.45, 7) is 2.07. The molecule has 6 nitrogen and oxygen atoms in total. The van der Waals surface area contributed by atoms with E-state index in [4.69, 9.17) is 10.7 Å². The van der Waals surface area contributed by atoms with Gasteiger partial charge in [-0.05, 0) is 12.5 Å². The molecule has 0 fully saturated rings. The van der Waals surface area contributed by atoms with E-state index in [1.807, 2.05) is 35.7 Å². The topological polar surface area (TPSA) is 82.0 Å². The lowest BCUT2D eigenvalue weighted by Crippen LogP contribution is -2.05. The summed E-state index contributed by atoms with van der Waals surface area (Å²) in [6.07, 6.45) is 1.76. The highest BCUT2D eigenvalue weighted by Gasteiger charge is 2.17. The van der Waals surface area contributed by atoms with Crippen LogP contribution < -0.4 is 5.73 Å². The Morgan fingerprint density at radius 1 is 0.929 bits per heavy atom. The molecule has 0 saturated heterocycles. The number of aromatic nitrogens is 5. The number of benzene rings is 2. The first-order chi connectivity index (χ1) is 13.7. The van der Waals surface area contributed by atoms with E-state index in [-0.39, 0.29) is 0 Å². The summed E-state index contributed by atoms with van der Waals surface area (Å²) in [6, 6.07) is 18.2. The number of nitrogens with two attached hydrogens (primary N) is 1. The number of aryl methyl sites for hydroxylation is 1. The van der Waals surface area contributed by atoms with Crippen LogP contribution in [-0.2, 0) is 0 Å². The summed E-state index contributed by atoms with van der Waals surface area (Å²) in [4.78, 5) is 4.71. The third-order valence-corrected chi connectivity index (χ3v) is 5.45. The first-order valence-electron chi connectivity index (χ1n) is 8.79. The molecule has 0 unspecified atom stereocenters. The second-order valence-corrected chi connectivity index (χ2v) is 7.36. The number of nitrogen functional groups attached to an aromatic ring is 1. The van der Waals surface area contributed by atoms with E-state index in [1.165, 1.54) is 16.9 Å². The second-order valence-electron chi connectivity index (χ2n) is 6.50. The van der Waals surface area contributed by atoms with Crippen LogP contribution in [0.1, 0.15) is 5.56 Å². The normalized spacial score (nSPS) is 11.2. The van der Waals surface area contributed by atoms with Gasteiger partial charge in [-0.15, -0.1) is 21.5 Å². The van der Waals surface area contributed by atoms with Crippen LogP contribution in [0.4, 0.5) is 5.82 Å². The molecule has 2 aromatic carbocycles. The van der Waals surface area contributed by atoms with Gasteiger partial charge < -0.3 is 5.73 Å². The van der Waals surface area contributed by atoms with Crippen molar-refractivity contribution < 1.29 is 0 Å². The Morgan fingerprint density at radius 3 is 2.50 bits per heavy atom. The number of hydrogen-bond donors (Lipinski definition) is 1. The van der Waals surface area contributed by atoms with Crippen LogP contribution in [0.15, 0.2) is 66.2 Å². The number of fused-ring (bicyclic) bond motifs is 1. The quantitative estimate of drug-likeness (QED) is 0.496. The lowest BCUT2D eigenvalue weighted by Gasteiger charge is -2.04. The molecule has 0 saturated carbocycles. The number of anilines is 1. The molecule has 0 amide bonds. The molecule has 0 aliphatic heterocycles. The Bertz CT molecular complexity index is 1270. The Hall–Kier alpha value is -3.58. The van der Waals surface area contributed by atoms with Crippen molar-refractivity contribution in [2.24, 2.45) is 0 Å². The highest BCUT2D eigenvalue weighted by molar-refractivity contribution is 7.13. The fourth-order valence-electron chi connectivity index (χ4n) is 3.08. The van der Waals surface area contributed by atoms with Gasteiger partial charge in [-0.25, -0.2) is 4.98 Å². The van der Waals surface area contributed by atoms with Gasteiger partial charge in [0.15, 0.2) is 17.2 Å². The van der Waals surface area contributed by atoms with Gasteiger partial charge in [-0.1, -0.05) is 60.2 Å². The monoisotopic (exact) mass is 384 g/mol. The summed E-state index contributed by atoms with van der Waals surface area (Å²) < 4.78 is 1.62. The van der Waals surface area contributed by atoms with Gasteiger partial charge in [-0.2, -0.15) is 9.61 Å². The molecule has 2 N–H and O–H groups in total. The number of hydrogen-bond acceptors (Lipinski definition) is 6. The van der Waals surface area contributed by atoms with Gasteiger partial charge >= 0.3 is 0 Å². The molecular weight excluding hydrogens is 368 g/mol. The van der Waals surface area contributed by atoms with Crippen LogP contribution in [0, 0.1) is 6.92 Å². The van der Waals surface area contributed by atoms with Crippen molar-refractivity contribution in [1.82, 2.24) is 24.8 Å². The Balaban J connectivity index is 1.57. The van der Waals surface area contributed by atoms with Gasteiger partial charge in [0.1, 0.15) is 5.01 Å². The van der Waals surface area contributed by atoms with Gasteiger partial charge in [0, 0.05) is 16.5 Å². The van der Waals surface area contributed by atoms with Gasteiger partial charge in [0.2, 0.25) is 0 Å². The predicted molar refractivity (Wildman–Crippen MR) is 112 cm³/mol.